The molecular weight excluding hydrogens is 278 g/mol. The van der Waals surface area contributed by atoms with E-state index in [0.717, 1.165) is 17.6 Å². The van der Waals surface area contributed by atoms with Crippen LogP contribution < -0.4 is 0 Å². The van der Waals surface area contributed by atoms with Gasteiger partial charge in [-0.3, -0.25) is 9.69 Å². The van der Waals surface area contributed by atoms with Crippen LogP contribution in [-0.4, -0.2) is 29.4 Å². The molecule has 2 unspecified atom stereocenters. The van der Waals surface area contributed by atoms with Gasteiger partial charge in [0.2, 0.25) is 0 Å². The van der Waals surface area contributed by atoms with Crippen LogP contribution in [0.2, 0.25) is 0 Å². The average molecular weight is 299 g/mol. The third-order valence-electron chi connectivity index (χ3n) is 4.50. The highest BCUT2D eigenvalue weighted by Crippen LogP contribution is 2.41. The van der Waals surface area contributed by atoms with Crippen LogP contribution in [0.5, 0.6) is 0 Å². The molecule has 0 bridgehead atoms. The Kier molecular flexibility index (Phi) is 4.01. The lowest BCUT2D eigenvalue weighted by atomic mass is 10.0. The molecule has 1 heterocycles. The van der Waals surface area contributed by atoms with Gasteiger partial charge in [-0.05, 0) is 24.3 Å². The number of nitrogens with zero attached hydrogens (tertiary/aromatic N) is 1. The lowest BCUT2D eigenvalue weighted by Crippen LogP contribution is -2.41. The molecule has 0 aromatic heterocycles. The highest BCUT2D eigenvalue weighted by molar-refractivity contribution is 5.92. The van der Waals surface area contributed by atoms with E-state index in [0.29, 0.717) is 18.9 Å². The maximum atomic E-state index is 12.5. The Morgan fingerprint density at radius 1 is 1.32 bits per heavy atom. The van der Waals surface area contributed by atoms with E-state index in [-0.39, 0.29) is 24.3 Å². The van der Waals surface area contributed by atoms with Crippen molar-refractivity contribution < 1.29 is 14.3 Å². The van der Waals surface area contributed by atoms with Crippen molar-refractivity contribution in [3.05, 3.63) is 48.0 Å². The number of ketones is 1. The van der Waals surface area contributed by atoms with Crippen LogP contribution >= 0.6 is 0 Å². The molecular formula is C18H21NO3. The molecule has 1 saturated carbocycles. The molecule has 1 aromatic rings. The predicted octanol–water partition coefficient (Wildman–Crippen LogP) is 3.18. The normalized spacial score (nSPS) is 26.9. The number of rotatable bonds is 4. The van der Waals surface area contributed by atoms with Crippen molar-refractivity contribution in [2.45, 2.75) is 32.4 Å². The van der Waals surface area contributed by atoms with Crippen LogP contribution in [0.15, 0.2) is 42.5 Å². The monoisotopic (exact) mass is 299 g/mol. The van der Waals surface area contributed by atoms with E-state index in [1.54, 1.807) is 4.90 Å². The number of benzene rings is 1. The smallest absolute Gasteiger partial charge is 0.411 e. The molecule has 4 nitrogen and oxygen atoms in total. The zero-order valence-electron chi connectivity index (χ0n) is 12.8. The third kappa shape index (κ3) is 3.06. The Bertz CT molecular complexity index is 596. The van der Waals surface area contributed by atoms with Crippen LogP contribution in [0.25, 0.3) is 0 Å². The van der Waals surface area contributed by atoms with Crippen molar-refractivity contribution in [1.82, 2.24) is 4.90 Å². The highest BCUT2D eigenvalue weighted by Gasteiger charge is 2.47. The molecule has 0 spiro atoms. The fourth-order valence-electron chi connectivity index (χ4n) is 3.01. The number of amides is 1. The lowest BCUT2D eigenvalue weighted by Gasteiger charge is -2.22. The summed E-state index contributed by atoms with van der Waals surface area (Å²) >= 11 is 0. The minimum absolute atomic E-state index is 0.111. The van der Waals surface area contributed by atoms with Crippen molar-refractivity contribution in [2.75, 3.05) is 6.54 Å². The van der Waals surface area contributed by atoms with Gasteiger partial charge in [-0.1, -0.05) is 49.4 Å². The number of ether oxygens (including phenoxy) is 1. The van der Waals surface area contributed by atoms with Gasteiger partial charge in [0, 0.05) is 12.5 Å². The maximum Gasteiger partial charge on any atom is 0.411 e. The van der Waals surface area contributed by atoms with E-state index in [9.17, 15) is 9.59 Å². The van der Waals surface area contributed by atoms with Crippen molar-refractivity contribution >= 4 is 11.9 Å². The van der Waals surface area contributed by atoms with E-state index in [2.05, 4.69) is 13.5 Å². The quantitative estimate of drug-likeness (QED) is 0.802. The number of Topliss-reactive ketones (excluding diaryl/α,β-unsaturated/α-hetero) is 1. The van der Waals surface area contributed by atoms with Gasteiger partial charge in [0.1, 0.15) is 6.61 Å². The van der Waals surface area contributed by atoms with Gasteiger partial charge in [0.25, 0.3) is 0 Å². The molecule has 0 radical (unpaired) electrons. The van der Waals surface area contributed by atoms with Crippen molar-refractivity contribution in [1.29, 1.82) is 0 Å². The van der Waals surface area contributed by atoms with Crippen LogP contribution in [-0.2, 0) is 16.1 Å². The van der Waals surface area contributed by atoms with E-state index in [1.165, 1.54) is 0 Å². The zero-order chi connectivity index (χ0) is 15.7. The number of carbonyl (C=O) groups excluding carboxylic acids is 2. The molecule has 1 aromatic carbocycles. The Balaban J connectivity index is 1.62. The molecule has 22 heavy (non-hydrogen) atoms. The Morgan fingerprint density at radius 2 is 2.00 bits per heavy atom. The molecule has 2 aliphatic rings. The summed E-state index contributed by atoms with van der Waals surface area (Å²) in [6.07, 6.45) is 1.09. The van der Waals surface area contributed by atoms with Crippen LogP contribution in [0.1, 0.15) is 25.3 Å². The Labute approximate surface area is 130 Å². The molecule has 2 fully saturated rings. The number of likely N-dealkylation sites (tertiary alicyclic amines) is 1. The topological polar surface area (TPSA) is 46.6 Å². The number of hydrogen-bond donors (Lipinski definition) is 0. The summed E-state index contributed by atoms with van der Waals surface area (Å²) in [6, 6.07) is 9.16. The summed E-state index contributed by atoms with van der Waals surface area (Å²) in [7, 11) is 0. The van der Waals surface area contributed by atoms with Crippen LogP contribution in [0, 0.1) is 11.8 Å². The lowest BCUT2D eigenvalue weighted by molar-refractivity contribution is -0.124. The highest BCUT2D eigenvalue weighted by atomic mass is 16.6. The van der Waals surface area contributed by atoms with Crippen LogP contribution in [0.4, 0.5) is 4.79 Å². The standard InChI is InChI=1S/C18H21NO3/c1-12-8-16(17(20)15-9-13(15)2)19(10-12)18(21)22-11-14-6-4-3-5-7-14/h3-7,13,15-16H,1,8-11H2,2H3/t13-,15?,16?/m0/s1. The first kappa shape index (κ1) is 14.8. The van der Waals surface area contributed by atoms with Crippen molar-refractivity contribution in [3.8, 4) is 0 Å². The summed E-state index contributed by atoms with van der Waals surface area (Å²) < 4.78 is 5.36. The molecule has 1 amide bonds. The van der Waals surface area contributed by atoms with Gasteiger partial charge >= 0.3 is 6.09 Å². The summed E-state index contributed by atoms with van der Waals surface area (Å²) in [6.45, 7) is 6.66. The summed E-state index contributed by atoms with van der Waals surface area (Å²) in [5.74, 6) is 0.728. The first-order valence-electron chi connectivity index (χ1n) is 7.74. The van der Waals surface area contributed by atoms with Crippen molar-refractivity contribution in [3.63, 3.8) is 0 Å². The van der Waals surface area contributed by atoms with E-state index >= 15 is 0 Å². The molecule has 4 heteroatoms. The summed E-state index contributed by atoms with van der Waals surface area (Å²) in [5, 5.41) is 0. The van der Waals surface area contributed by atoms with E-state index < -0.39 is 6.09 Å². The second kappa shape index (κ2) is 5.95. The molecule has 0 N–H and O–H groups in total. The van der Waals surface area contributed by atoms with Gasteiger partial charge in [-0.2, -0.15) is 0 Å². The van der Waals surface area contributed by atoms with Gasteiger partial charge in [0.05, 0.1) is 6.04 Å². The van der Waals surface area contributed by atoms with Gasteiger partial charge in [0.15, 0.2) is 5.78 Å². The molecule has 1 aliphatic heterocycles. The second-order valence-corrected chi connectivity index (χ2v) is 6.36. The summed E-state index contributed by atoms with van der Waals surface area (Å²) in [4.78, 5) is 26.3. The average Bonchev–Trinajstić information content (AvgIpc) is 3.12. The minimum Gasteiger partial charge on any atom is -0.445 e. The predicted molar refractivity (Wildman–Crippen MR) is 83.2 cm³/mol. The van der Waals surface area contributed by atoms with Gasteiger partial charge < -0.3 is 4.74 Å². The fraction of sp³-hybridized carbons (Fsp3) is 0.444. The first-order valence-corrected chi connectivity index (χ1v) is 7.74. The maximum absolute atomic E-state index is 12.5. The number of hydrogen-bond acceptors (Lipinski definition) is 3. The summed E-state index contributed by atoms with van der Waals surface area (Å²) in [5.41, 5.74) is 1.86. The minimum atomic E-state index is -0.422. The first-order chi connectivity index (χ1) is 10.6. The van der Waals surface area contributed by atoms with E-state index in [1.807, 2.05) is 30.3 Å². The van der Waals surface area contributed by atoms with Gasteiger partial charge in [-0.15, -0.1) is 0 Å². The SMILES string of the molecule is C=C1CC(C(=O)C2C[C@@H]2C)N(C(=O)OCc2ccccc2)C1. The Morgan fingerprint density at radius 3 is 2.64 bits per heavy atom. The molecule has 1 aliphatic carbocycles. The van der Waals surface area contributed by atoms with Gasteiger partial charge in [-0.25, -0.2) is 4.79 Å². The molecule has 3 rings (SSSR count). The molecule has 3 atom stereocenters. The third-order valence-corrected chi connectivity index (χ3v) is 4.50. The van der Waals surface area contributed by atoms with Crippen molar-refractivity contribution in [2.24, 2.45) is 11.8 Å². The zero-order valence-corrected chi connectivity index (χ0v) is 12.8. The number of carbonyl (C=O) groups is 2. The van der Waals surface area contributed by atoms with Crippen LogP contribution in [0.3, 0.4) is 0 Å². The molecule has 1 saturated heterocycles. The van der Waals surface area contributed by atoms with E-state index in [4.69, 9.17) is 4.74 Å². The fourth-order valence-corrected chi connectivity index (χ4v) is 3.01. The largest absolute Gasteiger partial charge is 0.445 e. The molecule has 116 valence electrons. The Hall–Kier alpha value is -2.10. The second-order valence-electron chi connectivity index (χ2n) is 6.36.